The zero-order valence-electron chi connectivity index (χ0n) is 13.5. The highest BCUT2D eigenvalue weighted by atomic mass is 31.2. The SMILES string of the molecule is Nc1ncnc2c1ncn2C1C=CC(COP(=O)(O)c2ccccc2)O1. The van der Waals surface area contributed by atoms with Gasteiger partial charge in [0.15, 0.2) is 17.7 Å². The van der Waals surface area contributed by atoms with E-state index >= 15 is 0 Å². The van der Waals surface area contributed by atoms with Gasteiger partial charge in [-0.25, -0.2) is 15.0 Å². The Bertz CT molecular complexity index is 1010. The first-order valence-corrected chi connectivity index (χ1v) is 9.42. The average Bonchev–Trinajstić information content (AvgIpc) is 3.28. The van der Waals surface area contributed by atoms with Gasteiger partial charge in [0.05, 0.1) is 18.2 Å². The second-order valence-corrected chi connectivity index (χ2v) is 7.50. The Labute approximate surface area is 148 Å². The number of nitrogen functional groups attached to an aromatic ring is 1. The standard InChI is InChI=1S/C16H16N5O4P/c17-15-14-16(19-9-18-15)21(10-20-14)13-7-6-11(25-13)8-24-26(22,23)12-4-2-1-3-5-12/h1-7,9-11,13H,8H2,(H,22,23)(H2,17,18,19). The number of anilines is 1. The van der Waals surface area contributed by atoms with Crippen molar-refractivity contribution in [3.05, 3.63) is 55.1 Å². The molecule has 0 spiro atoms. The van der Waals surface area contributed by atoms with Gasteiger partial charge >= 0.3 is 7.60 Å². The van der Waals surface area contributed by atoms with E-state index in [1.807, 2.05) is 0 Å². The topological polar surface area (TPSA) is 125 Å². The van der Waals surface area contributed by atoms with E-state index in [0.717, 1.165) is 0 Å². The molecule has 3 unspecified atom stereocenters. The van der Waals surface area contributed by atoms with Crippen LogP contribution in [0.3, 0.4) is 0 Å². The molecule has 0 aliphatic carbocycles. The lowest BCUT2D eigenvalue weighted by Crippen LogP contribution is -2.18. The quantitative estimate of drug-likeness (QED) is 0.508. The molecular formula is C16H16N5O4P. The van der Waals surface area contributed by atoms with Gasteiger partial charge in [0.25, 0.3) is 0 Å². The largest absolute Gasteiger partial charge is 0.382 e. The first-order chi connectivity index (χ1) is 12.5. The molecule has 1 aliphatic rings. The van der Waals surface area contributed by atoms with E-state index in [2.05, 4.69) is 15.0 Å². The summed E-state index contributed by atoms with van der Waals surface area (Å²) < 4.78 is 25.1. The van der Waals surface area contributed by atoms with Crippen LogP contribution < -0.4 is 11.0 Å². The van der Waals surface area contributed by atoms with Gasteiger partial charge in [-0.1, -0.05) is 24.3 Å². The monoisotopic (exact) mass is 373 g/mol. The molecule has 1 aliphatic heterocycles. The van der Waals surface area contributed by atoms with Crippen LogP contribution in [0, 0.1) is 0 Å². The highest BCUT2D eigenvalue weighted by Gasteiger charge is 2.28. The molecule has 0 bridgehead atoms. The van der Waals surface area contributed by atoms with Crippen molar-refractivity contribution in [2.45, 2.75) is 12.3 Å². The van der Waals surface area contributed by atoms with Gasteiger partial charge in [-0.05, 0) is 18.2 Å². The van der Waals surface area contributed by atoms with Crippen LogP contribution in [0.5, 0.6) is 0 Å². The first-order valence-electron chi connectivity index (χ1n) is 7.84. The number of benzene rings is 1. The Kier molecular flexibility index (Phi) is 4.29. The molecular weight excluding hydrogens is 357 g/mol. The number of hydrogen-bond donors (Lipinski definition) is 2. The number of hydrogen-bond acceptors (Lipinski definition) is 7. The van der Waals surface area contributed by atoms with Crippen molar-refractivity contribution in [3.8, 4) is 0 Å². The van der Waals surface area contributed by atoms with Gasteiger partial charge in [0, 0.05) is 0 Å². The summed E-state index contributed by atoms with van der Waals surface area (Å²) >= 11 is 0. The predicted octanol–water partition coefficient (Wildman–Crippen LogP) is 1.39. The zero-order valence-corrected chi connectivity index (χ0v) is 14.4. The summed E-state index contributed by atoms with van der Waals surface area (Å²) in [6.45, 7) is -0.0561. The smallest absolute Gasteiger partial charge is 0.358 e. The average molecular weight is 373 g/mol. The molecule has 26 heavy (non-hydrogen) atoms. The van der Waals surface area contributed by atoms with Gasteiger partial charge in [-0.3, -0.25) is 9.13 Å². The molecule has 3 aromatic rings. The molecule has 0 fully saturated rings. The number of ether oxygens (including phenoxy) is 1. The van der Waals surface area contributed by atoms with E-state index in [-0.39, 0.29) is 11.9 Å². The maximum Gasteiger partial charge on any atom is 0.358 e. The lowest BCUT2D eigenvalue weighted by Gasteiger charge is -2.17. The summed E-state index contributed by atoms with van der Waals surface area (Å²) in [7, 11) is -3.89. The minimum atomic E-state index is -3.89. The molecule has 0 saturated carbocycles. The number of nitrogens with two attached hydrogens (primary N) is 1. The minimum absolute atomic E-state index is 0.0561. The van der Waals surface area contributed by atoms with Crippen LogP contribution >= 0.6 is 7.60 Å². The maximum atomic E-state index is 12.3. The summed E-state index contributed by atoms with van der Waals surface area (Å²) in [6, 6.07) is 8.23. The highest BCUT2D eigenvalue weighted by molar-refractivity contribution is 7.61. The van der Waals surface area contributed by atoms with Gasteiger partial charge in [0.2, 0.25) is 0 Å². The number of nitrogens with zero attached hydrogens (tertiary/aromatic N) is 4. The van der Waals surface area contributed by atoms with Gasteiger partial charge in [-0.15, -0.1) is 0 Å². The fraction of sp³-hybridized carbons (Fsp3) is 0.188. The molecule has 3 heterocycles. The summed E-state index contributed by atoms with van der Waals surface area (Å²) in [6.07, 6.45) is 5.56. The third kappa shape index (κ3) is 3.13. The van der Waals surface area contributed by atoms with Crippen molar-refractivity contribution >= 4 is 29.9 Å². The highest BCUT2D eigenvalue weighted by Crippen LogP contribution is 2.41. The van der Waals surface area contributed by atoms with Gasteiger partial charge < -0.3 is 19.9 Å². The van der Waals surface area contributed by atoms with Crippen molar-refractivity contribution in [3.63, 3.8) is 0 Å². The molecule has 1 aromatic carbocycles. The van der Waals surface area contributed by atoms with E-state index in [1.54, 1.807) is 53.4 Å². The molecule has 134 valence electrons. The lowest BCUT2D eigenvalue weighted by molar-refractivity contribution is -0.00255. The molecule has 10 heteroatoms. The molecule has 3 N–H and O–H groups in total. The van der Waals surface area contributed by atoms with E-state index < -0.39 is 19.9 Å². The Balaban J connectivity index is 1.44. The van der Waals surface area contributed by atoms with Crippen LogP contribution in [-0.4, -0.2) is 37.1 Å². The van der Waals surface area contributed by atoms with Gasteiger partial charge in [-0.2, -0.15) is 0 Å². The molecule has 4 rings (SSSR count). The van der Waals surface area contributed by atoms with Crippen LogP contribution in [0.15, 0.2) is 55.1 Å². The summed E-state index contributed by atoms with van der Waals surface area (Å²) in [5, 5.41) is 0.242. The predicted molar refractivity (Wildman–Crippen MR) is 94.6 cm³/mol. The fourth-order valence-corrected chi connectivity index (χ4v) is 3.71. The van der Waals surface area contributed by atoms with Crippen LogP contribution in [0.1, 0.15) is 6.23 Å². The Morgan fingerprint density at radius 3 is 2.85 bits per heavy atom. The van der Waals surface area contributed by atoms with Crippen molar-refractivity contribution in [2.75, 3.05) is 12.3 Å². The van der Waals surface area contributed by atoms with E-state index in [4.69, 9.17) is 15.0 Å². The number of imidazole rings is 1. The van der Waals surface area contributed by atoms with E-state index in [0.29, 0.717) is 17.0 Å². The van der Waals surface area contributed by atoms with Crippen LogP contribution in [-0.2, 0) is 13.8 Å². The lowest BCUT2D eigenvalue weighted by atomic mass is 10.4. The fourth-order valence-electron chi connectivity index (χ4n) is 2.66. The maximum absolute atomic E-state index is 12.3. The van der Waals surface area contributed by atoms with E-state index in [1.165, 1.54) is 6.33 Å². The Morgan fingerprint density at radius 2 is 2.04 bits per heavy atom. The molecule has 0 amide bonds. The number of aromatic nitrogens is 4. The molecule has 0 radical (unpaired) electrons. The summed E-state index contributed by atoms with van der Waals surface area (Å²) in [5.41, 5.74) is 6.82. The van der Waals surface area contributed by atoms with Crippen LogP contribution in [0.25, 0.3) is 11.2 Å². The second kappa shape index (κ2) is 6.62. The number of fused-ring (bicyclic) bond motifs is 1. The van der Waals surface area contributed by atoms with Crippen molar-refractivity contribution in [1.29, 1.82) is 0 Å². The van der Waals surface area contributed by atoms with Gasteiger partial charge in [0.1, 0.15) is 17.9 Å². The Hall–Kier alpha value is -2.58. The number of rotatable bonds is 5. The molecule has 0 saturated heterocycles. The molecule has 2 aromatic heterocycles. The van der Waals surface area contributed by atoms with Crippen LogP contribution in [0.2, 0.25) is 0 Å². The van der Waals surface area contributed by atoms with E-state index in [9.17, 15) is 9.46 Å². The normalized spacial score (nSPS) is 21.9. The molecule has 9 nitrogen and oxygen atoms in total. The van der Waals surface area contributed by atoms with Crippen LogP contribution in [0.4, 0.5) is 5.82 Å². The van der Waals surface area contributed by atoms with Crippen molar-refractivity contribution in [1.82, 2.24) is 19.5 Å². The second-order valence-electron chi connectivity index (χ2n) is 5.68. The zero-order chi connectivity index (χ0) is 18.1. The van der Waals surface area contributed by atoms with Crippen molar-refractivity contribution < 1.29 is 18.7 Å². The Morgan fingerprint density at radius 1 is 1.23 bits per heavy atom. The first kappa shape index (κ1) is 16.9. The third-order valence-electron chi connectivity index (χ3n) is 3.96. The summed E-state index contributed by atoms with van der Waals surface area (Å²) in [4.78, 5) is 22.3. The third-order valence-corrected chi connectivity index (χ3v) is 5.41. The van der Waals surface area contributed by atoms with Crippen molar-refractivity contribution in [2.24, 2.45) is 0 Å². The molecule has 3 atom stereocenters. The summed E-state index contributed by atoms with van der Waals surface area (Å²) in [5.74, 6) is 0.291. The minimum Gasteiger partial charge on any atom is -0.382 e.